The standard InChI is InChI=1S/C11H17N3O3S2/c1-19(16,17)11-14-13-10(18-11)12-9(15)7-6-8-4-2-3-5-8/h8H,2-7H2,1H3,(H,12,13,15). The molecule has 1 aromatic heterocycles. The van der Waals surface area contributed by atoms with Gasteiger partial charge in [-0.25, -0.2) is 8.42 Å². The molecule has 1 aliphatic rings. The molecule has 1 aliphatic carbocycles. The lowest BCUT2D eigenvalue weighted by Crippen LogP contribution is -2.12. The van der Waals surface area contributed by atoms with E-state index in [1.807, 2.05) is 0 Å². The number of hydrogen-bond acceptors (Lipinski definition) is 6. The Bertz CT molecular complexity index is 547. The van der Waals surface area contributed by atoms with Crippen molar-refractivity contribution in [3.8, 4) is 0 Å². The van der Waals surface area contributed by atoms with E-state index in [1.54, 1.807) is 0 Å². The maximum absolute atomic E-state index is 11.7. The predicted octanol–water partition coefficient (Wildman–Crippen LogP) is 1.85. The first-order valence-electron chi connectivity index (χ1n) is 6.28. The molecule has 1 aromatic rings. The number of hydrogen-bond donors (Lipinski definition) is 1. The van der Waals surface area contributed by atoms with Gasteiger partial charge in [-0.15, -0.1) is 10.2 Å². The molecule has 1 saturated carbocycles. The first-order valence-corrected chi connectivity index (χ1v) is 8.99. The van der Waals surface area contributed by atoms with Gasteiger partial charge in [0.2, 0.25) is 25.2 Å². The molecule has 106 valence electrons. The van der Waals surface area contributed by atoms with E-state index in [1.165, 1.54) is 25.7 Å². The van der Waals surface area contributed by atoms with Crippen LogP contribution in [0.4, 0.5) is 5.13 Å². The molecule has 1 N–H and O–H groups in total. The minimum absolute atomic E-state index is 0.0707. The summed E-state index contributed by atoms with van der Waals surface area (Å²) in [6.45, 7) is 0. The SMILES string of the molecule is CS(=O)(=O)c1nnc(NC(=O)CCC2CCCC2)s1. The molecule has 6 nitrogen and oxygen atoms in total. The predicted molar refractivity (Wildman–Crippen MR) is 72.8 cm³/mol. The average molecular weight is 303 g/mol. The molecule has 0 saturated heterocycles. The molecule has 0 unspecified atom stereocenters. The number of aromatic nitrogens is 2. The Morgan fingerprint density at radius 2 is 2.05 bits per heavy atom. The molecule has 0 bridgehead atoms. The third-order valence-electron chi connectivity index (χ3n) is 3.22. The van der Waals surface area contributed by atoms with E-state index < -0.39 is 9.84 Å². The van der Waals surface area contributed by atoms with Crippen LogP contribution in [-0.2, 0) is 14.6 Å². The van der Waals surface area contributed by atoms with E-state index in [4.69, 9.17) is 0 Å². The maximum atomic E-state index is 11.7. The summed E-state index contributed by atoms with van der Waals surface area (Å²) in [6, 6.07) is 0. The molecule has 19 heavy (non-hydrogen) atoms. The van der Waals surface area contributed by atoms with Crippen LogP contribution in [0, 0.1) is 5.92 Å². The molecular weight excluding hydrogens is 286 g/mol. The number of carbonyl (C=O) groups excluding carboxylic acids is 1. The van der Waals surface area contributed by atoms with Crippen molar-refractivity contribution in [3.63, 3.8) is 0 Å². The van der Waals surface area contributed by atoms with E-state index in [-0.39, 0.29) is 15.4 Å². The number of amides is 1. The van der Waals surface area contributed by atoms with Gasteiger partial charge in [0, 0.05) is 12.7 Å². The Kier molecular flexibility index (Phi) is 4.51. The van der Waals surface area contributed by atoms with E-state index in [9.17, 15) is 13.2 Å². The van der Waals surface area contributed by atoms with Gasteiger partial charge in [-0.1, -0.05) is 37.0 Å². The zero-order valence-corrected chi connectivity index (χ0v) is 12.4. The van der Waals surface area contributed by atoms with Crippen molar-refractivity contribution < 1.29 is 13.2 Å². The fraction of sp³-hybridized carbons (Fsp3) is 0.727. The Morgan fingerprint density at radius 1 is 1.37 bits per heavy atom. The van der Waals surface area contributed by atoms with Crippen molar-refractivity contribution in [1.29, 1.82) is 0 Å². The highest BCUT2D eigenvalue weighted by Gasteiger charge is 2.18. The quantitative estimate of drug-likeness (QED) is 0.838. The van der Waals surface area contributed by atoms with E-state index in [0.717, 1.165) is 24.0 Å². The van der Waals surface area contributed by atoms with Gasteiger partial charge >= 0.3 is 0 Å². The maximum Gasteiger partial charge on any atom is 0.234 e. The highest BCUT2D eigenvalue weighted by molar-refractivity contribution is 7.92. The van der Waals surface area contributed by atoms with Crippen molar-refractivity contribution in [2.45, 2.75) is 42.9 Å². The lowest BCUT2D eigenvalue weighted by Gasteiger charge is -2.07. The smallest absolute Gasteiger partial charge is 0.234 e. The molecule has 1 amide bonds. The van der Waals surface area contributed by atoms with Gasteiger partial charge < -0.3 is 5.32 Å². The summed E-state index contributed by atoms with van der Waals surface area (Å²) >= 11 is 0.884. The van der Waals surface area contributed by atoms with Crippen LogP contribution in [0.1, 0.15) is 38.5 Å². The zero-order valence-electron chi connectivity index (χ0n) is 10.8. The van der Waals surface area contributed by atoms with Gasteiger partial charge in [0.05, 0.1) is 0 Å². The molecule has 2 rings (SSSR count). The van der Waals surface area contributed by atoms with Crippen LogP contribution in [0.3, 0.4) is 0 Å². The summed E-state index contributed by atoms with van der Waals surface area (Å²) in [4.78, 5) is 11.7. The van der Waals surface area contributed by atoms with Crippen LogP contribution < -0.4 is 5.32 Å². The number of sulfone groups is 1. The zero-order chi connectivity index (χ0) is 13.9. The van der Waals surface area contributed by atoms with Gasteiger partial charge in [0.1, 0.15) is 0 Å². The number of rotatable bonds is 5. The van der Waals surface area contributed by atoms with E-state index in [0.29, 0.717) is 12.3 Å². The molecule has 0 spiro atoms. The monoisotopic (exact) mass is 303 g/mol. The van der Waals surface area contributed by atoms with Crippen LogP contribution in [0.25, 0.3) is 0 Å². The molecule has 8 heteroatoms. The van der Waals surface area contributed by atoms with E-state index >= 15 is 0 Å². The second-order valence-corrected chi connectivity index (χ2v) is 8.05. The van der Waals surface area contributed by atoms with Gasteiger partial charge in [-0.2, -0.15) is 0 Å². The Hall–Kier alpha value is -1.02. The minimum atomic E-state index is -3.35. The Labute approximate surface area is 116 Å². The van der Waals surface area contributed by atoms with Crippen molar-refractivity contribution in [2.75, 3.05) is 11.6 Å². The Balaban J connectivity index is 1.83. The van der Waals surface area contributed by atoms with E-state index in [2.05, 4.69) is 15.5 Å². The van der Waals surface area contributed by atoms with Crippen molar-refractivity contribution in [2.24, 2.45) is 5.92 Å². The number of nitrogens with one attached hydrogen (secondary N) is 1. The van der Waals surface area contributed by atoms with Crippen LogP contribution in [0.5, 0.6) is 0 Å². The molecule has 1 heterocycles. The summed E-state index contributed by atoms with van der Waals surface area (Å²) in [7, 11) is -3.35. The largest absolute Gasteiger partial charge is 0.301 e. The fourth-order valence-corrected chi connectivity index (χ4v) is 3.75. The molecule has 1 fully saturated rings. The molecule has 0 atom stereocenters. The van der Waals surface area contributed by atoms with Crippen molar-refractivity contribution >= 4 is 32.2 Å². The first kappa shape index (κ1) is 14.4. The lowest BCUT2D eigenvalue weighted by atomic mass is 10.0. The van der Waals surface area contributed by atoms with Crippen LogP contribution in [0.15, 0.2) is 4.34 Å². The Morgan fingerprint density at radius 3 is 2.63 bits per heavy atom. The molecule has 0 radical (unpaired) electrons. The molecule has 0 aliphatic heterocycles. The minimum Gasteiger partial charge on any atom is -0.301 e. The van der Waals surface area contributed by atoms with Crippen molar-refractivity contribution in [3.05, 3.63) is 0 Å². The van der Waals surface area contributed by atoms with Crippen LogP contribution >= 0.6 is 11.3 Å². The topological polar surface area (TPSA) is 89.0 Å². The summed E-state index contributed by atoms with van der Waals surface area (Å²) in [5.74, 6) is 0.537. The van der Waals surface area contributed by atoms with Crippen molar-refractivity contribution in [1.82, 2.24) is 10.2 Å². The summed E-state index contributed by atoms with van der Waals surface area (Å²) in [6.07, 6.45) is 7.37. The molecular formula is C11H17N3O3S2. The van der Waals surface area contributed by atoms with Gasteiger partial charge in [0.25, 0.3) is 0 Å². The number of nitrogens with zero attached hydrogens (tertiary/aromatic N) is 2. The third kappa shape index (κ3) is 4.24. The number of carbonyl (C=O) groups is 1. The summed E-state index contributed by atoms with van der Waals surface area (Å²) in [5.41, 5.74) is 0. The third-order valence-corrected chi connectivity index (χ3v) is 5.73. The average Bonchev–Trinajstić information content (AvgIpc) is 2.95. The van der Waals surface area contributed by atoms with Gasteiger partial charge in [0.15, 0.2) is 0 Å². The summed E-state index contributed by atoms with van der Waals surface area (Å²) < 4.78 is 22.4. The highest BCUT2D eigenvalue weighted by Crippen LogP contribution is 2.28. The van der Waals surface area contributed by atoms with Crippen LogP contribution in [-0.4, -0.2) is 30.8 Å². The van der Waals surface area contributed by atoms with Crippen LogP contribution in [0.2, 0.25) is 0 Å². The first-order chi connectivity index (χ1) is 8.95. The second-order valence-electron chi connectivity index (χ2n) is 4.88. The fourth-order valence-electron chi connectivity index (χ4n) is 2.23. The second kappa shape index (κ2) is 5.96. The highest BCUT2D eigenvalue weighted by atomic mass is 32.2. The summed E-state index contributed by atoms with van der Waals surface area (Å²) in [5, 5.41) is 10.1. The normalized spacial score (nSPS) is 16.7. The van der Waals surface area contributed by atoms with Gasteiger partial charge in [-0.05, 0) is 12.3 Å². The lowest BCUT2D eigenvalue weighted by molar-refractivity contribution is -0.116. The number of anilines is 1. The van der Waals surface area contributed by atoms with Gasteiger partial charge in [-0.3, -0.25) is 4.79 Å². The molecule has 0 aromatic carbocycles.